The van der Waals surface area contributed by atoms with Crippen molar-refractivity contribution in [1.82, 2.24) is 14.7 Å². The number of rotatable bonds is 3. The number of nitrogens with zero attached hydrogens (tertiary/aromatic N) is 3. The molecular weight excluding hydrogens is 370 g/mol. The molecule has 148 valence electrons. The fraction of sp³-hybridized carbons (Fsp3) is 0.611. The predicted molar refractivity (Wildman–Crippen MR) is 99.6 cm³/mol. The molecule has 1 aromatic carbocycles. The Balaban J connectivity index is 1.29. The Morgan fingerprint density at radius 1 is 1.19 bits per heavy atom. The SMILES string of the molecule is CN(C(=O)N1CCN(Cc2ccc3c(c2)OCO3)CC1)C1CCS(=O)(=O)C1. The lowest BCUT2D eigenvalue weighted by Crippen LogP contribution is -2.53. The molecule has 3 heterocycles. The minimum Gasteiger partial charge on any atom is -0.454 e. The molecule has 1 atom stereocenters. The van der Waals surface area contributed by atoms with Crippen LogP contribution in [0.5, 0.6) is 11.5 Å². The van der Waals surface area contributed by atoms with Gasteiger partial charge in [-0.25, -0.2) is 13.2 Å². The lowest BCUT2D eigenvalue weighted by Gasteiger charge is -2.38. The fourth-order valence-electron chi connectivity index (χ4n) is 3.85. The first-order valence-corrected chi connectivity index (χ1v) is 11.1. The number of amides is 2. The number of hydrogen-bond donors (Lipinski definition) is 0. The van der Waals surface area contributed by atoms with Crippen molar-refractivity contribution in [3.05, 3.63) is 23.8 Å². The van der Waals surface area contributed by atoms with Crippen LogP contribution in [0.25, 0.3) is 0 Å². The van der Waals surface area contributed by atoms with E-state index < -0.39 is 9.84 Å². The largest absolute Gasteiger partial charge is 0.454 e. The molecule has 4 rings (SSSR count). The Kier molecular flexibility index (Phi) is 4.90. The zero-order valence-electron chi connectivity index (χ0n) is 15.5. The first-order valence-electron chi connectivity index (χ1n) is 9.24. The van der Waals surface area contributed by atoms with Gasteiger partial charge in [0.05, 0.1) is 11.5 Å². The van der Waals surface area contributed by atoms with Crippen molar-refractivity contribution in [2.45, 2.75) is 19.0 Å². The van der Waals surface area contributed by atoms with E-state index in [0.29, 0.717) is 19.5 Å². The summed E-state index contributed by atoms with van der Waals surface area (Å²) in [5, 5.41) is 0. The normalized spacial score (nSPS) is 24.2. The zero-order chi connectivity index (χ0) is 19.0. The van der Waals surface area contributed by atoms with Gasteiger partial charge < -0.3 is 19.3 Å². The number of fused-ring (bicyclic) bond motifs is 1. The van der Waals surface area contributed by atoms with Crippen LogP contribution in [-0.2, 0) is 16.4 Å². The number of hydrogen-bond acceptors (Lipinski definition) is 6. The van der Waals surface area contributed by atoms with E-state index >= 15 is 0 Å². The van der Waals surface area contributed by atoms with Crippen LogP contribution >= 0.6 is 0 Å². The standard InChI is InChI=1S/C18H25N3O5S/c1-19(15-4-9-27(23,24)12-15)18(22)21-7-5-20(6-8-21)11-14-2-3-16-17(10-14)26-13-25-16/h2-3,10,15H,4-9,11-13H2,1H3. The number of piperazine rings is 1. The van der Waals surface area contributed by atoms with Crippen LogP contribution in [0.4, 0.5) is 4.79 Å². The minimum atomic E-state index is -2.99. The van der Waals surface area contributed by atoms with Gasteiger partial charge >= 0.3 is 6.03 Å². The van der Waals surface area contributed by atoms with Gasteiger partial charge in [0.2, 0.25) is 6.79 Å². The van der Waals surface area contributed by atoms with E-state index in [-0.39, 0.29) is 30.4 Å². The molecule has 2 amide bonds. The summed E-state index contributed by atoms with van der Waals surface area (Å²) in [5.41, 5.74) is 1.16. The van der Waals surface area contributed by atoms with Crippen LogP contribution in [0.2, 0.25) is 0 Å². The predicted octanol–water partition coefficient (Wildman–Crippen LogP) is 0.772. The molecule has 1 unspecified atom stereocenters. The highest BCUT2D eigenvalue weighted by atomic mass is 32.2. The smallest absolute Gasteiger partial charge is 0.320 e. The van der Waals surface area contributed by atoms with Crippen molar-refractivity contribution in [3.8, 4) is 11.5 Å². The van der Waals surface area contributed by atoms with Gasteiger partial charge in [0, 0.05) is 45.8 Å². The van der Waals surface area contributed by atoms with Gasteiger partial charge in [-0.2, -0.15) is 0 Å². The molecule has 8 nitrogen and oxygen atoms in total. The summed E-state index contributed by atoms with van der Waals surface area (Å²) >= 11 is 0. The lowest BCUT2D eigenvalue weighted by molar-refractivity contribution is 0.108. The van der Waals surface area contributed by atoms with Gasteiger partial charge in [-0.1, -0.05) is 6.07 Å². The Hall–Kier alpha value is -2.00. The van der Waals surface area contributed by atoms with Crippen molar-refractivity contribution in [3.63, 3.8) is 0 Å². The van der Waals surface area contributed by atoms with Crippen LogP contribution < -0.4 is 9.47 Å². The third kappa shape index (κ3) is 3.98. The summed E-state index contributed by atoms with van der Waals surface area (Å²) < 4.78 is 34.1. The molecule has 27 heavy (non-hydrogen) atoms. The lowest BCUT2D eigenvalue weighted by atomic mass is 10.1. The van der Waals surface area contributed by atoms with Crippen molar-refractivity contribution < 1.29 is 22.7 Å². The second-order valence-electron chi connectivity index (χ2n) is 7.40. The van der Waals surface area contributed by atoms with Crippen LogP contribution in [0.15, 0.2) is 18.2 Å². The molecule has 0 bridgehead atoms. The van der Waals surface area contributed by atoms with E-state index in [9.17, 15) is 13.2 Å². The number of ether oxygens (including phenoxy) is 2. The van der Waals surface area contributed by atoms with E-state index in [0.717, 1.165) is 36.7 Å². The maximum absolute atomic E-state index is 12.7. The van der Waals surface area contributed by atoms with Crippen molar-refractivity contribution in [1.29, 1.82) is 0 Å². The summed E-state index contributed by atoms with van der Waals surface area (Å²) in [5.74, 6) is 1.83. The molecule has 0 N–H and O–H groups in total. The molecular formula is C18H25N3O5S. The van der Waals surface area contributed by atoms with Gasteiger partial charge in [0.25, 0.3) is 0 Å². The Bertz CT molecular complexity index is 820. The maximum atomic E-state index is 12.7. The highest BCUT2D eigenvalue weighted by Crippen LogP contribution is 2.32. The first-order chi connectivity index (χ1) is 12.9. The molecule has 1 aromatic rings. The quantitative estimate of drug-likeness (QED) is 0.752. The summed E-state index contributed by atoms with van der Waals surface area (Å²) in [4.78, 5) is 18.4. The maximum Gasteiger partial charge on any atom is 0.320 e. The molecule has 0 spiro atoms. The monoisotopic (exact) mass is 395 g/mol. The van der Waals surface area contributed by atoms with Gasteiger partial charge in [-0.15, -0.1) is 0 Å². The highest BCUT2D eigenvalue weighted by molar-refractivity contribution is 7.91. The second-order valence-corrected chi connectivity index (χ2v) is 9.63. The molecule has 0 aromatic heterocycles. The van der Waals surface area contributed by atoms with Crippen molar-refractivity contribution >= 4 is 15.9 Å². The summed E-state index contributed by atoms with van der Waals surface area (Å²) in [6, 6.07) is 5.71. The van der Waals surface area contributed by atoms with Crippen LogP contribution in [-0.4, -0.2) is 86.7 Å². The number of urea groups is 1. The molecule has 2 saturated heterocycles. The molecule has 9 heteroatoms. The zero-order valence-corrected chi connectivity index (χ0v) is 16.3. The van der Waals surface area contributed by atoms with Crippen molar-refractivity contribution in [2.24, 2.45) is 0 Å². The molecule has 0 aliphatic carbocycles. The molecule has 0 radical (unpaired) electrons. The number of benzene rings is 1. The summed E-state index contributed by atoms with van der Waals surface area (Å²) in [6.45, 7) is 3.94. The van der Waals surface area contributed by atoms with Crippen molar-refractivity contribution in [2.75, 3.05) is 51.5 Å². The highest BCUT2D eigenvalue weighted by Gasteiger charge is 2.35. The molecule has 3 aliphatic heterocycles. The van der Waals surface area contributed by atoms with Crippen LogP contribution in [0, 0.1) is 0 Å². The Labute approximate surface area is 159 Å². The Morgan fingerprint density at radius 2 is 1.93 bits per heavy atom. The number of carbonyl (C=O) groups is 1. The van der Waals surface area contributed by atoms with Gasteiger partial charge in [-0.3, -0.25) is 4.90 Å². The summed E-state index contributed by atoms with van der Waals surface area (Å²) in [7, 11) is -1.28. The minimum absolute atomic E-state index is 0.0696. The topological polar surface area (TPSA) is 79.4 Å². The van der Waals surface area contributed by atoms with E-state index in [1.165, 1.54) is 0 Å². The third-order valence-electron chi connectivity index (χ3n) is 5.54. The number of carbonyl (C=O) groups excluding carboxylic acids is 1. The van der Waals surface area contributed by atoms with Gasteiger partial charge in [-0.05, 0) is 24.1 Å². The molecule has 0 saturated carbocycles. The van der Waals surface area contributed by atoms with Gasteiger partial charge in [0.1, 0.15) is 0 Å². The molecule has 2 fully saturated rings. The first kappa shape index (κ1) is 18.4. The average Bonchev–Trinajstić information content (AvgIpc) is 3.26. The van der Waals surface area contributed by atoms with E-state index in [1.807, 2.05) is 23.1 Å². The average molecular weight is 395 g/mol. The molecule has 3 aliphatic rings. The third-order valence-corrected chi connectivity index (χ3v) is 7.29. The fourth-order valence-corrected chi connectivity index (χ4v) is 5.63. The Morgan fingerprint density at radius 3 is 2.63 bits per heavy atom. The van der Waals surface area contributed by atoms with E-state index in [4.69, 9.17) is 9.47 Å². The second kappa shape index (κ2) is 7.20. The van der Waals surface area contributed by atoms with Crippen LogP contribution in [0.3, 0.4) is 0 Å². The van der Waals surface area contributed by atoms with E-state index in [2.05, 4.69) is 4.90 Å². The number of sulfone groups is 1. The van der Waals surface area contributed by atoms with Gasteiger partial charge in [0.15, 0.2) is 21.3 Å². The van der Waals surface area contributed by atoms with Crippen LogP contribution in [0.1, 0.15) is 12.0 Å². The van der Waals surface area contributed by atoms with E-state index in [1.54, 1.807) is 11.9 Å². The summed E-state index contributed by atoms with van der Waals surface area (Å²) in [6.07, 6.45) is 0.536.